The van der Waals surface area contributed by atoms with Gasteiger partial charge in [0.1, 0.15) is 5.75 Å². The monoisotopic (exact) mass is 288 g/mol. The lowest BCUT2D eigenvalue weighted by molar-refractivity contribution is 0.477. The van der Waals surface area contributed by atoms with Gasteiger partial charge in [0, 0.05) is 0 Å². The first-order chi connectivity index (χ1) is 10.8. The number of aromatic amines is 1. The first kappa shape index (κ1) is 12.5. The molecule has 1 aromatic heterocycles. The molecule has 0 aliphatic heterocycles. The number of rotatable bonds is 2. The van der Waals surface area contributed by atoms with Crippen molar-refractivity contribution in [3.05, 3.63) is 60.7 Å². The molecule has 0 atom stereocenters. The molecule has 5 nitrogen and oxygen atoms in total. The minimum absolute atomic E-state index is 0.143. The van der Waals surface area contributed by atoms with Gasteiger partial charge in [-0.15, -0.1) is 5.10 Å². The Balaban J connectivity index is 1.88. The van der Waals surface area contributed by atoms with Crippen molar-refractivity contribution in [3.8, 4) is 28.3 Å². The highest BCUT2D eigenvalue weighted by molar-refractivity contribution is 5.97. The van der Waals surface area contributed by atoms with Gasteiger partial charge in [0.25, 0.3) is 0 Å². The van der Waals surface area contributed by atoms with Crippen molar-refractivity contribution in [1.82, 2.24) is 20.6 Å². The average molecular weight is 288 g/mol. The van der Waals surface area contributed by atoms with Crippen LogP contribution in [0.1, 0.15) is 0 Å². The molecule has 22 heavy (non-hydrogen) atoms. The third-order valence-corrected chi connectivity index (χ3v) is 3.70. The minimum Gasteiger partial charge on any atom is -0.507 e. The number of H-pyrrole nitrogens is 1. The molecule has 0 radical (unpaired) electrons. The summed E-state index contributed by atoms with van der Waals surface area (Å²) in [6.07, 6.45) is 0. The van der Waals surface area contributed by atoms with Crippen LogP contribution in [0.3, 0.4) is 0 Å². The molecular weight excluding hydrogens is 276 g/mol. The van der Waals surface area contributed by atoms with Gasteiger partial charge in [0.05, 0.1) is 5.56 Å². The second-order valence-electron chi connectivity index (χ2n) is 5.01. The largest absolute Gasteiger partial charge is 0.507 e. The molecule has 1 heterocycles. The third-order valence-electron chi connectivity index (χ3n) is 3.70. The first-order valence-electron chi connectivity index (χ1n) is 6.88. The molecule has 0 aliphatic carbocycles. The highest BCUT2D eigenvalue weighted by Gasteiger charge is 2.10. The van der Waals surface area contributed by atoms with Gasteiger partial charge in [-0.25, -0.2) is 5.10 Å². The van der Waals surface area contributed by atoms with E-state index in [-0.39, 0.29) is 5.75 Å². The van der Waals surface area contributed by atoms with E-state index in [1.54, 1.807) is 6.07 Å². The number of tetrazole rings is 1. The summed E-state index contributed by atoms with van der Waals surface area (Å²) in [7, 11) is 0. The van der Waals surface area contributed by atoms with Crippen LogP contribution in [-0.4, -0.2) is 25.7 Å². The molecule has 106 valence electrons. The highest BCUT2D eigenvalue weighted by Crippen LogP contribution is 2.34. The lowest BCUT2D eigenvalue weighted by atomic mass is 9.97. The Morgan fingerprint density at radius 2 is 1.73 bits per heavy atom. The standard InChI is InChI=1S/C17H12N4O/c22-16-10-12(8-9-15(16)17-18-20-21-19-17)14-7-3-5-11-4-1-2-6-13(11)14/h1-10,22H,(H,18,19,20,21). The van der Waals surface area contributed by atoms with Crippen molar-refractivity contribution in [2.24, 2.45) is 0 Å². The van der Waals surface area contributed by atoms with E-state index in [9.17, 15) is 5.11 Å². The second-order valence-corrected chi connectivity index (χ2v) is 5.01. The molecule has 0 spiro atoms. The van der Waals surface area contributed by atoms with Gasteiger partial charge in [-0.3, -0.25) is 0 Å². The molecule has 4 rings (SSSR count). The zero-order valence-electron chi connectivity index (χ0n) is 11.6. The Morgan fingerprint density at radius 3 is 2.55 bits per heavy atom. The Labute approximate surface area is 126 Å². The van der Waals surface area contributed by atoms with E-state index in [1.807, 2.05) is 36.4 Å². The van der Waals surface area contributed by atoms with Gasteiger partial charge >= 0.3 is 0 Å². The summed E-state index contributed by atoms with van der Waals surface area (Å²) in [5.41, 5.74) is 2.61. The van der Waals surface area contributed by atoms with E-state index in [4.69, 9.17) is 0 Å². The Morgan fingerprint density at radius 1 is 0.864 bits per heavy atom. The van der Waals surface area contributed by atoms with Crippen LogP contribution in [0, 0.1) is 0 Å². The molecule has 0 bridgehead atoms. The van der Waals surface area contributed by atoms with Crippen molar-refractivity contribution in [1.29, 1.82) is 0 Å². The molecule has 2 N–H and O–H groups in total. The van der Waals surface area contributed by atoms with Gasteiger partial charge in [-0.2, -0.15) is 0 Å². The fraction of sp³-hybridized carbons (Fsp3) is 0. The number of fused-ring (bicyclic) bond motifs is 1. The van der Waals surface area contributed by atoms with Crippen LogP contribution >= 0.6 is 0 Å². The van der Waals surface area contributed by atoms with Gasteiger partial charge in [-0.1, -0.05) is 48.5 Å². The van der Waals surface area contributed by atoms with Gasteiger partial charge < -0.3 is 5.11 Å². The number of hydrogen-bond donors (Lipinski definition) is 2. The van der Waals surface area contributed by atoms with Crippen LogP contribution in [0.25, 0.3) is 33.3 Å². The minimum atomic E-state index is 0.143. The predicted octanol–water partition coefficient (Wildman–Crippen LogP) is 3.39. The second kappa shape index (κ2) is 4.96. The fourth-order valence-electron chi connectivity index (χ4n) is 2.65. The maximum atomic E-state index is 10.3. The van der Waals surface area contributed by atoms with Crippen LogP contribution in [0.2, 0.25) is 0 Å². The van der Waals surface area contributed by atoms with Crippen molar-refractivity contribution in [3.63, 3.8) is 0 Å². The molecule has 0 amide bonds. The maximum absolute atomic E-state index is 10.3. The van der Waals surface area contributed by atoms with E-state index in [1.165, 1.54) is 5.39 Å². The summed E-state index contributed by atoms with van der Waals surface area (Å²) in [6.45, 7) is 0. The number of benzene rings is 3. The molecule has 0 saturated carbocycles. The molecule has 3 aromatic carbocycles. The topological polar surface area (TPSA) is 74.7 Å². The van der Waals surface area contributed by atoms with Gasteiger partial charge in [-0.05, 0) is 44.5 Å². The zero-order chi connectivity index (χ0) is 14.9. The Bertz CT molecular complexity index is 943. The number of phenolic OH excluding ortho intramolecular Hbond substituents is 1. The summed E-state index contributed by atoms with van der Waals surface area (Å²) < 4.78 is 0. The number of aromatic nitrogens is 4. The molecule has 0 unspecified atom stereocenters. The van der Waals surface area contributed by atoms with E-state index >= 15 is 0 Å². The van der Waals surface area contributed by atoms with E-state index < -0.39 is 0 Å². The zero-order valence-corrected chi connectivity index (χ0v) is 11.6. The van der Waals surface area contributed by atoms with Crippen molar-refractivity contribution in [2.45, 2.75) is 0 Å². The maximum Gasteiger partial charge on any atom is 0.183 e. The lowest BCUT2D eigenvalue weighted by Gasteiger charge is -2.09. The van der Waals surface area contributed by atoms with Crippen molar-refractivity contribution in [2.75, 3.05) is 0 Å². The summed E-state index contributed by atoms with van der Waals surface area (Å²) in [4.78, 5) is 0. The normalized spacial score (nSPS) is 10.9. The van der Waals surface area contributed by atoms with Crippen molar-refractivity contribution >= 4 is 10.8 Å². The highest BCUT2D eigenvalue weighted by atomic mass is 16.3. The van der Waals surface area contributed by atoms with Crippen LogP contribution < -0.4 is 0 Å². The number of nitrogens with zero attached hydrogens (tertiary/aromatic N) is 3. The van der Waals surface area contributed by atoms with E-state index in [0.717, 1.165) is 16.5 Å². The SMILES string of the molecule is Oc1cc(-c2cccc3ccccc23)ccc1-c1nnn[nH]1. The molecule has 0 fully saturated rings. The summed E-state index contributed by atoms with van der Waals surface area (Å²) in [6, 6.07) is 19.8. The average Bonchev–Trinajstić information content (AvgIpc) is 3.08. The molecule has 4 aromatic rings. The summed E-state index contributed by atoms with van der Waals surface area (Å²) >= 11 is 0. The molecule has 0 aliphatic rings. The van der Waals surface area contributed by atoms with Crippen LogP contribution in [-0.2, 0) is 0 Å². The Hall–Kier alpha value is -3.21. The number of aromatic hydroxyl groups is 1. The summed E-state index contributed by atoms with van der Waals surface area (Å²) in [5.74, 6) is 0.589. The Kier molecular flexibility index (Phi) is 2.83. The van der Waals surface area contributed by atoms with Crippen molar-refractivity contribution < 1.29 is 5.11 Å². The van der Waals surface area contributed by atoms with Crippen LogP contribution in [0.5, 0.6) is 5.75 Å². The van der Waals surface area contributed by atoms with Gasteiger partial charge in [0.15, 0.2) is 5.82 Å². The van der Waals surface area contributed by atoms with Gasteiger partial charge in [0.2, 0.25) is 0 Å². The smallest absolute Gasteiger partial charge is 0.183 e. The van der Waals surface area contributed by atoms with E-state index in [0.29, 0.717) is 11.4 Å². The first-order valence-corrected chi connectivity index (χ1v) is 6.88. The molecule has 5 heteroatoms. The quantitative estimate of drug-likeness (QED) is 0.593. The molecule has 0 saturated heterocycles. The third kappa shape index (κ3) is 2.00. The number of phenols is 1. The van der Waals surface area contributed by atoms with Crippen LogP contribution in [0.4, 0.5) is 0 Å². The number of nitrogens with one attached hydrogen (secondary N) is 1. The number of hydrogen-bond acceptors (Lipinski definition) is 4. The predicted molar refractivity (Wildman–Crippen MR) is 84.2 cm³/mol. The molecular formula is C17H12N4O. The lowest BCUT2D eigenvalue weighted by Crippen LogP contribution is -1.85. The fourth-order valence-corrected chi connectivity index (χ4v) is 2.65. The van der Waals surface area contributed by atoms with E-state index in [2.05, 4.69) is 38.8 Å². The van der Waals surface area contributed by atoms with Crippen LogP contribution in [0.15, 0.2) is 60.7 Å². The summed E-state index contributed by atoms with van der Waals surface area (Å²) in [5, 5.41) is 26.1.